The first-order valence-electron chi connectivity index (χ1n) is 6.73. The fraction of sp³-hybridized carbons (Fsp3) is 0.615. The molecule has 0 bridgehead atoms. The van der Waals surface area contributed by atoms with Crippen molar-refractivity contribution in [2.45, 2.75) is 39.5 Å². The summed E-state index contributed by atoms with van der Waals surface area (Å²) in [5, 5.41) is 31.6. The van der Waals surface area contributed by atoms with Crippen molar-refractivity contribution in [3.05, 3.63) is 43.8 Å². The first kappa shape index (κ1) is 16.8. The molecule has 21 heavy (non-hydrogen) atoms. The first-order valence-corrected chi connectivity index (χ1v) is 6.73. The SMILES string of the molecule is CCCCCC1(C(=O)O)C=C([N+](=O)[O-])C=C([N+](=O)[O-])C1C. The number of hydrogen-bond acceptors (Lipinski definition) is 5. The van der Waals surface area contributed by atoms with Crippen LogP contribution in [0, 0.1) is 31.6 Å². The van der Waals surface area contributed by atoms with E-state index >= 15 is 0 Å². The Labute approximate surface area is 121 Å². The third-order valence-corrected chi connectivity index (χ3v) is 3.93. The number of carboxylic acids is 1. The molecule has 0 aromatic heterocycles. The normalized spacial score (nSPS) is 25.0. The number of allylic oxidation sites excluding steroid dienone is 2. The Hall–Kier alpha value is -2.25. The molecule has 1 N–H and O–H groups in total. The Balaban J connectivity index is 3.33. The van der Waals surface area contributed by atoms with Crippen LogP contribution >= 0.6 is 0 Å². The topological polar surface area (TPSA) is 124 Å². The van der Waals surface area contributed by atoms with Gasteiger partial charge in [0.05, 0.1) is 21.8 Å². The predicted octanol–water partition coefficient (Wildman–Crippen LogP) is 2.61. The molecule has 0 spiro atoms. The maximum Gasteiger partial charge on any atom is 0.314 e. The molecule has 0 aromatic carbocycles. The lowest BCUT2D eigenvalue weighted by Crippen LogP contribution is -2.40. The van der Waals surface area contributed by atoms with Crippen molar-refractivity contribution in [3.8, 4) is 0 Å². The van der Waals surface area contributed by atoms with E-state index < -0.39 is 38.5 Å². The van der Waals surface area contributed by atoms with Crippen LogP contribution in [0.1, 0.15) is 39.5 Å². The van der Waals surface area contributed by atoms with Crippen LogP contribution in [-0.4, -0.2) is 20.9 Å². The average molecular weight is 298 g/mol. The van der Waals surface area contributed by atoms with Crippen molar-refractivity contribution in [2.24, 2.45) is 11.3 Å². The zero-order valence-electron chi connectivity index (χ0n) is 11.9. The molecular formula is C13H18N2O6. The van der Waals surface area contributed by atoms with Crippen molar-refractivity contribution in [1.29, 1.82) is 0 Å². The van der Waals surface area contributed by atoms with Crippen LogP contribution < -0.4 is 0 Å². The van der Waals surface area contributed by atoms with Gasteiger partial charge in [0, 0.05) is 6.08 Å². The van der Waals surface area contributed by atoms with Gasteiger partial charge in [0.25, 0.3) is 11.4 Å². The van der Waals surface area contributed by atoms with E-state index in [4.69, 9.17) is 0 Å². The highest BCUT2D eigenvalue weighted by Gasteiger charge is 2.51. The smallest absolute Gasteiger partial charge is 0.314 e. The molecular weight excluding hydrogens is 280 g/mol. The molecule has 0 heterocycles. The molecule has 0 saturated heterocycles. The van der Waals surface area contributed by atoms with E-state index in [0.717, 1.165) is 25.0 Å². The number of carboxylic acid groups (broad SMARTS) is 1. The standard InChI is InChI=1S/C13H18N2O6/c1-3-4-5-6-13(12(16)17)8-10(14(18)19)7-11(9(13)2)15(20)21/h7-9H,3-6H2,1-2H3,(H,16,17). The first-order chi connectivity index (χ1) is 9.76. The Morgan fingerprint density at radius 3 is 2.38 bits per heavy atom. The summed E-state index contributed by atoms with van der Waals surface area (Å²) >= 11 is 0. The largest absolute Gasteiger partial charge is 0.481 e. The highest BCUT2D eigenvalue weighted by molar-refractivity contribution is 5.78. The zero-order valence-corrected chi connectivity index (χ0v) is 11.9. The molecule has 0 saturated carbocycles. The van der Waals surface area contributed by atoms with Crippen molar-refractivity contribution >= 4 is 5.97 Å². The molecule has 0 aromatic rings. The van der Waals surface area contributed by atoms with Gasteiger partial charge in [-0.15, -0.1) is 0 Å². The molecule has 0 aliphatic heterocycles. The number of unbranched alkanes of at least 4 members (excludes halogenated alkanes) is 2. The maximum atomic E-state index is 11.7. The fourth-order valence-electron chi connectivity index (χ4n) is 2.60. The zero-order chi connectivity index (χ0) is 16.2. The number of carbonyl (C=O) groups is 1. The van der Waals surface area contributed by atoms with Crippen LogP contribution in [-0.2, 0) is 4.79 Å². The van der Waals surface area contributed by atoms with E-state index in [0.29, 0.717) is 6.42 Å². The minimum absolute atomic E-state index is 0.139. The lowest BCUT2D eigenvalue weighted by molar-refractivity contribution is -0.445. The maximum absolute atomic E-state index is 11.7. The van der Waals surface area contributed by atoms with Crippen LogP contribution in [0.25, 0.3) is 0 Å². The molecule has 1 aliphatic carbocycles. The van der Waals surface area contributed by atoms with Gasteiger partial charge in [-0.25, -0.2) is 0 Å². The van der Waals surface area contributed by atoms with Gasteiger partial charge in [0.2, 0.25) is 0 Å². The summed E-state index contributed by atoms with van der Waals surface area (Å²) in [7, 11) is 0. The van der Waals surface area contributed by atoms with Gasteiger partial charge < -0.3 is 5.11 Å². The van der Waals surface area contributed by atoms with Crippen LogP contribution in [0.3, 0.4) is 0 Å². The third-order valence-electron chi connectivity index (χ3n) is 3.93. The summed E-state index contributed by atoms with van der Waals surface area (Å²) in [5.41, 5.74) is -2.56. The van der Waals surface area contributed by atoms with Crippen molar-refractivity contribution in [2.75, 3.05) is 0 Å². The van der Waals surface area contributed by atoms with Crippen LogP contribution in [0.15, 0.2) is 23.5 Å². The molecule has 1 rings (SSSR count). The number of hydrogen-bond donors (Lipinski definition) is 1. The molecule has 2 atom stereocenters. The van der Waals surface area contributed by atoms with Crippen molar-refractivity contribution in [1.82, 2.24) is 0 Å². The van der Waals surface area contributed by atoms with E-state index in [1.165, 1.54) is 6.92 Å². The number of nitro groups is 2. The van der Waals surface area contributed by atoms with Crippen LogP contribution in [0.5, 0.6) is 0 Å². The summed E-state index contributed by atoms with van der Waals surface area (Å²) in [5.74, 6) is -2.19. The van der Waals surface area contributed by atoms with E-state index in [1.807, 2.05) is 6.92 Å². The van der Waals surface area contributed by atoms with Gasteiger partial charge in [0.1, 0.15) is 5.41 Å². The molecule has 116 valence electrons. The van der Waals surface area contributed by atoms with Gasteiger partial charge in [-0.1, -0.05) is 33.1 Å². The van der Waals surface area contributed by atoms with Gasteiger partial charge in [-0.3, -0.25) is 25.0 Å². The summed E-state index contributed by atoms with van der Waals surface area (Å²) in [6, 6.07) is 0. The molecule has 0 fully saturated rings. The molecule has 0 radical (unpaired) electrons. The monoisotopic (exact) mass is 298 g/mol. The molecule has 8 nitrogen and oxygen atoms in total. The molecule has 1 aliphatic rings. The third kappa shape index (κ3) is 3.26. The quantitative estimate of drug-likeness (QED) is 0.437. The lowest BCUT2D eigenvalue weighted by Gasteiger charge is -2.32. The second-order valence-corrected chi connectivity index (χ2v) is 5.18. The highest BCUT2D eigenvalue weighted by atomic mass is 16.6. The number of nitrogens with zero attached hydrogens (tertiary/aromatic N) is 2. The van der Waals surface area contributed by atoms with Crippen molar-refractivity contribution in [3.63, 3.8) is 0 Å². The average Bonchev–Trinajstić information content (AvgIpc) is 2.39. The van der Waals surface area contributed by atoms with Gasteiger partial charge in [-0.2, -0.15) is 0 Å². The summed E-state index contributed by atoms with van der Waals surface area (Å²) in [6.07, 6.45) is 4.21. The van der Waals surface area contributed by atoms with Crippen molar-refractivity contribution < 1.29 is 19.7 Å². The summed E-state index contributed by atoms with van der Waals surface area (Å²) < 4.78 is 0. The molecule has 0 amide bonds. The predicted molar refractivity (Wildman–Crippen MR) is 73.5 cm³/mol. The second-order valence-electron chi connectivity index (χ2n) is 5.18. The lowest BCUT2D eigenvalue weighted by atomic mass is 9.68. The molecule has 8 heteroatoms. The second kappa shape index (κ2) is 6.47. The fourth-order valence-corrected chi connectivity index (χ4v) is 2.60. The molecule has 2 unspecified atom stereocenters. The number of rotatable bonds is 7. The highest BCUT2D eigenvalue weighted by Crippen LogP contribution is 2.44. The minimum atomic E-state index is -1.60. The van der Waals surface area contributed by atoms with Gasteiger partial charge in [-0.05, 0) is 6.42 Å². The van der Waals surface area contributed by atoms with Gasteiger partial charge >= 0.3 is 5.97 Å². The van der Waals surface area contributed by atoms with E-state index in [2.05, 4.69) is 0 Å². The summed E-state index contributed by atoms with van der Waals surface area (Å²) in [4.78, 5) is 32.2. The summed E-state index contributed by atoms with van der Waals surface area (Å²) in [6.45, 7) is 3.38. The van der Waals surface area contributed by atoms with E-state index in [-0.39, 0.29) is 6.42 Å². The number of aliphatic carboxylic acids is 1. The Bertz CT molecular complexity index is 525. The van der Waals surface area contributed by atoms with E-state index in [9.17, 15) is 30.1 Å². The van der Waals surface area contributed by atoms with Crippen LogP contribution in [0.2, 0.25) is 0 Å². The van der Waals surface area contributed by atoms with E-state index in [1.54, 1.807) is 0 Å². The minimum Gasteiger partial charge on any atom is -0.481 e. The Morgan fingerprint density at radius 1 is 1.33 bits per heavy atom. The van der Waals surface area contributed by atoms with Crippen LogP contribution in [0.4, 0.5) is 0 Å². The Kier molecular flexibility index (Phi) is 5.17. The van der Waals surface area contributed by atoms with Gasteiger partial charge in [0.15, 0.2) is 0 Å². The Morgan fingerprint density at radius 2 is 1.95 bits per heavy atom.